The first-order valence-corrected chi connectivity index (χ1v) is 6.51. The fourth-order valence-corrected chi connectivity index (χ4v) is 2.00. The van der Waals surface area contributed by atoms with Gasteiger partial charge in [-0.15, -0.1) is 11.8 Å². The summed E-state index contributed by atoms with van der Waals surface area (Å²) in [6.45, 7) is 0.213. The first-order chi connectivity index (χ1) is 8.70. The van der Waals surface area contributed by atoms with E-state index in [2.05, 4.69) is 0 Å². The van der Waals surface area contributed by atoms with Crippen LogP contribution in [0.4, 0.5) is 0 Å². The van der Waals surface area contributed by atoms with Gasteiger partial charge in [0.25, 0.3) is 0 Å². The Morgan fingerprint density at radius 2 is 2.11 bits per heavy atom. The number of carbonyl (C=O) groups is 1. The predicted molar refractivity (Wildman–Crippen MR) is 68.2 cm³/mol. The lowest BCUT2D eigenvalue weighted by Gasteiger charge is -2.07. The van der Waals surface area contributed by atoms with Gasteiger partial charge in [-0.05, 0) is 30.5 Å². The van der Waals surface area contributed by atoms with Crippen molar-refractivity contribution in [3.8, 4) is 5.75 Å². The summed E-state index contributed by atoms with van der Waals surface area (Å²) in [6, 6.07) is 10.7. The molecule has 1 aromatic heterocycles. The van der Waals surface area contributed by atoms with Gasteiger partial charge in [-0.2, -0.15) is 0 Å². The maximum atomic E-state index is 10.7. The molecule has 2 rings (SSSR count). The molecule has 1 heterocycles. The first-order valence-electron chi connectivity index (χ1n) is 5.28. The van der Waals surface area contributed by atoms with E-state index >= 15 is 0 Å². The predicted octanol–water partition coefficient (Wildman–Crippen LogP) is 3.28. The van der Waals surface area contributed by atoms with Crippen molar-refractivity contribution in [2.45, 2.75) is 11.5 Å². The number of rotatable bonds is 5. The molecule has 0 bridgehead atoms. The van der Waals surface area contributed by atoms with Crippen molar-refractivity contribution in [1.29, 1.82) is 0 Å². The number of ether oxygens (including phenoxy) is 1. The minimum Gasteiger partial charge on any atom is -0.484 e. The van der Waals surface area contributed by atoms with Crippen molar-refractivity contribution < 1.29 is 19.1 Å². The van der Waals surface area contributed by atoms with Crippen LogP contribution >= 0.6 is 11.8 Å². The molecule has 1 aromatic carbocycles. The lowest BCUT2D eigenvalue weighted by atomic mass is 10.3. The molecule has 1 N–H and O–H groups in total. The summed E-state index contributed by atoms with van der Waals surface area (Å²) < 4.78 is 10.7. The summed E-state index contributed by atoms with van der Waals surface area (Å²) in [5.74, 6) is 0.0964. The van der Waals surface area contributed by atoms with E-state index in [4.69, 9.17) is 14.3 Å². The smallest absolute Gasteiger partial charge is 0.371 e. The average molecular weight is 264 g/mol. The van der Waals surface area contributed by atoms with Crippen LogP contribution in [0, 0.1) is 0 Å². The van der Waals surface area contributed by atoms with Crippen LogP contribution in [0.1, 0.15) is 16.3 Å². The van der Waals surface area contributed by atoms with E-state index in [1.807, 2.05) is 30.5 Å². The Morgan fingerprint density at radius 1 is 1.33 bits per heavy atom. The standard InChI is InChI=1S/C13H12O4S/c1-18-12-5-3-2-4-10(12)16-8-9-6-7-11(17-9)13(14)15/h2-7H,8H2,1H3,(H,14,15). The van der Waals surface area contributed by atoms with Crippen LogP contribution in [0.5, 0.6) is 5.75 Å². The van der Waals surface area contributed by atoms with Crippen LogP contribution < -0.4 is 4.74 Å². The highest BCUT2D eigenvalue weighted by atomic mass is 32.2. The molecule has 0 unspecified atom stereocenters. The maximum absolute atomic E-state index is 10.7. The highest BCUT2D eigenvalue weighted by Crippen LogP contribution is 2.27. The first kappa shape index (κ1) is 12.6. The number of carboxylic acid groups (broad SMARTS) is 1. The normalized spacial score (nSPS) is 10.3. The summed E-state index contributed by atoms with van der Waals surface area (Å²) in [5.41, 5.74) is 0. The quantitative estimate of drug-likeness (QED) is 0.840. The SMILES string of the molecule is CSc1ccccc1OCc1ccc(C(=O)O)o1. The fraction of sp³-hybridized carbons (Fsp3) is 0.154. The summed E-state index contributed by atoms with van der Waals surface area (Å²) >= 11 is 1.59. The van der Waals surface area contributed by atoms with Crippen molar-refractivity contribution in [1.82, 2.24) is 0 Å². The monoisotopic (exact) mass is 264 g/mol. The molecule has 94 valence electrons. The number of furan rings is 1. The van der Waals surface area contributed by atoms with E-state index in [0.29, 0.717) is 5.76 Å². The number of hydrogen-bond donors (Lipinski definition) is 1. The van der Waals surface area contributed by atoms with Gasteiger partial charge in [0.05, 0.1) is 0 Å². The highest BCUT2D eigenvalue weighted by Gasteiger charge is 2.09. The molecular formula is C13H12O4S. The Morgan fingerprint density at radius 3 is 2.78 bits per heavy atom. The Hall–Kier alpha value is -1.88. The molecule has 0 spiro atoms. The van der Waals surface area contributed by atoms with Gasteiger partial charge < -0.3 is 14.3 Å². The number of benzene rings is 1. The number of hydrogen-bond acceptors (Lipinski definition) is 4. The van der Waals surface area contributed by atoms with Crippen molar-refractivity contribution in [2.24, 2.45) is 0 Å². The molecule has 0 saturated heterocycles. The molecule has 0 fully saturated rings. The van der Waals surface area contributed by atoms with E-state index in [-0.39, 0.29) is 12.4 Å². The molecule has 0 atom stereocenters. The Kier molecular flexibility index (Phi) is 3.94. The van der Waals surface area contributed by atoms with Gasteiger partial charge >= 0.3 is 5.97 Å². The van der Waals surface area contributed by atoms with Gasteiger partial charge in [-0.1, -0.05) is 12.1 Å². The molecule has 5 heteroatoms. The molecule has 4 nitrogen and oxygen atoms in total. The zero-order valence-electron chi connectivity index (χ0n) is 9.75. The topological polar surface area (TPSA) is 59.7 Å². The highest BCUT2D eigenvalue weighted by molar-refractivity contribution is 7.98. The van der Waals surface area contributed by atoms with Crippen molar-refractivity contribution in [2.75, 3.05) is 6.26 Å². The van der Waals surface area contributed by atoms with Gasteiger partial charge in [0, 0.05) is 4.90 Å². The molecule has 2 aromatic rings. The number of aromatic carboxylic acids is 1. The largest absolute Gasteiger partial charge is 0.484 e. The summed E-state index contributed by atoms with van der Waals surface area (Å²) in [7, 11) is 0. The Labute approximate surface area is 109 Å². The van der Waals surface area contributed by atoms with Gasteiger partial charge in [0.1, 0.15) is 18.1 Å². The fourth-order valence-electron chi connectivity index (χ4n) is 1.46. The second kappa shape index (κ2) is 5.64. The lowest BCUT2D eigenvalue weighted by molar-refractivity contribution is 0.0658. The molecule has 18 heavy (non-hydrogen) atoms. The lowest BCUT2D eigenvalue weighted by Crippen LogP contribution is -1.96. The number of para-hydroxylation sites is 1. The van der Waals surface area contributed by atoms with Crippen LogP contribution in [0.15, 0.2) is 45.7 Å². The molecule has 0 aliphatic rings. The maximum Gasteiger partial charge on any atom is 0.371 e. The van der Waals surface area contributed by atoms with Gasteiger partial charge in [-0.3, -0.25) is 0 Å². The van der Waals surface area contributed by atoms with Crippen LogP contribution in [0.3, 0.4) is 0 Å². The number of carboxylic acids is 1. The van der Waals surface area contributed by atoms with Crippen LogP contribution in [-0.2, 0) is 6.61 Å². The summed E-state index contributed by atoms with van der Waals surface area (Å²) in [6.07, 6.45) is 1.97. The van der Waals surface area contributed by atoms with Crippen LogP contribution in [0.2, 0.25) is 0 Å². The molecule has 0 radical (unpaired) electrons. The van der Waals surface area contributed by atoms with Gasteiger partial charge in [0.2, 0.25) is 5.76 Å². The zero-order valence-corrected chi connectivity index (χ0v) is 10.6. The summed E-state index contributed by atoms with van der Waals surface area (Å²) in [5, 5.41) is 8.73. The van der Waals surface area contributed by atoms with E-state index in [1.165, 1.54) is 6.07 Å². The third-order valence-corrected chi connectivity index (χ3v) is 3.09. The second-order valence-corrected chi connectivity index (χ2v) is 4.36. The molecule has 0 aliphatic carbocycles. The van der Waals surface area contributed by atoms with E-state index < -0.39 is 5.97 Å². The van der Waals surface area contributed by atoms with E-state index in [0.717, 1.165) is 10.6 Å². The van der Waals surface area contributed by atoms with Crippen molar-refractivity contribution >= 4 is 17.7 Å². The Bertz CT molecular complexity index is 547. The second-order valence-electron chi connectivity index (χ2n) is 3.51. The van der Waals surface area contributed by atoms with Gasteiger partial charge in [-0.25, -0.2) is 4.79 Å². The van der Waals surface area contributed by atoms with Crippen LogP contribution in [-0.4, -0.2) is 17.3 Å². The minimum atomic E-state index is -1.08. The zero-order chi connectivity index (χ0) is 13.0. The third-order valence-electron chi connectivity index (χ3n) is 2.31. The summed E-state index contributed by atoms with van der Waals surface area (Å²) in [4.78, 5) is 11.7. The Balaban J connectivity index is 2.04. The minimum absolute atomic E-state index is 0.0771. The van der Waals surface area contributed by atoms with Crippen LogP contribution in [0.25, 0.3) is 0 Å². The number of thioether (sulfide) groups is 1. The van der Waals surface area contributed by atoms with Gasteiger partial charge in [0.15, 0.2) is 0 Å². The van der Waals surface area contributed by atoms with Crippen molar-refractivity contribution in [3.63, 3.8) is 0 Å². The van der Waals surface area contributed by atoms with E-state index in [1.54, 1.807) is 17.8 Å². The molecule has 0 aliphatic heterocycles. The molecule has 0 amide bonds. The van der Waals surface area contributed by atoms with E-state index in [9.17, 15) is 4.79 Å². The molecule has 0 saturated carbocycles. The van der Waals surface area contributed by atoms with Crippen molar-refractivity contribution in [3.05, 3.63) is 47.9 Å². The molecular weight excluding hydrogens is 252 g/mol. The average Bonchev–Trinajstić information content (AvgIpc) is 2.85. The third kappa shape index (κ3) is 2.87.